The van der Waals surface area contributed by atoms with Crippen molar-refractivity contribution < 1.29 is 13.5 Å². The predicted octanol–water partition coefficient (Wildman–Crippen LogP) is 4.12. The van der Waals surface area contributed by atoms with Crippen LogP contribution in [0.3, 0.4) is 0 Å². The lowest BCUT2D eigenvalue weighted by Gasteiger charge is -2.28. The van der Waals surface area contributed by atoms with Crippen LogP contribution >= 0.6 is 0 Å². The molecular weight excluding hydrogens is 310 g/mol. The minimum Gasteiger partial charge on any atom is -0.434 e. The third-order valence-electron chi connectivity index (χ3n) is 3.86. The van der Waals surface area contributed by atoms with Crippen LogP contribution in [-0.2, 0) is 6.54 Å². The highest BCUT2D eigenvalue weighted by molar-refractivity contribution is 5.87. The molecule has 132 valence electrons. The fraction of sp³-hybridized carbons (Fsp3) is 0.474. The van der Waals surface area contributed by atoms with E-state index in [2.05, 4.69) is 24.1 Å². The summed E-state index contributed by atoms with van der Waals surface area (Å²) in [6.45, 7) is 3.74. The molecule has 0 radical (unpaired) electrons. The Morgan fingerprint density at radius 3 is 2.50 bits per heavy atom. The highest BCUT2D eigenvalue weighted by atomic mass is 19.3. The fourth-order valence-corrected chi connectivity index (χ4v) is 3.14. The first kappa shape index (κ1) is 18.6. The van der Waals surface area contributed by atoms with Crippen molar-refractivity contribution in [2.45, 2.75) is 27.0 Å². The van der Waals surface area contributed by atoms with Crippen LogP contribution in [0.5, 0.6) is 5.75 Å². The van der Waals surface area contributed by atoms with E-state index in [1.165, 1.54) is 0 Å². The van der Waals surface area contributed by atoms with Crippen molar-refractivity contribution >= 4 is 10.8 Å². The molecule has 0 spiro atoms. The molecule has 5 heteroatoms. The molecule has 3 nitrogen and oxygen atoms in total. The maximum absolute atomic E-state index is 12.7. The molecule has 0 fully saturated rings. The van der Waals surface area contributed by atoms with Gasteiger partial charge in [-0.05, 0) is 36.3 Å². The van der Waals surface area contributed by atoms with Gasteiger partial charge in [0, 0.05) is 25.2 Å². The average molecular weight is 336 g/mol. The van der Waals surface area contributed by atoms with Gasteiger partial charge in [-0.3, -0.25) is 0 Å². The Kier molecular flexibility index (Phi) is 6.13. The zero-order valence-corrected chi connectivity index (χ0v) is 14.8. The van der Waals surface area contributed by atoms with E-state index in [4.69, 9.17) is 4.74 Å². The van der Waals surface area contributed by atoms with Gasteiger partial charge in [0.15, 0.2) is 0 Å². The van der Waals surface area contributed by atoms with Gasteiger partial charge in [0.2, 0.25) is 0 Å². The molecule has 0 aliphatic rings. The average Bonchev–Trinajstić information content (AvgIpc) is 2.47. The number of hydrogen-bond donors (Lipinski definition) is 1. The van der Waals surface area contributed by atoms with Gasteiger partial charge in [-0.1, -0.05) is 44.2 Å². The second kappa shape index (κ2) is 7.90. The molecule has 0 amide bonds. The lowest BCUT2D eigenvalue weighted by Crippen LogP contribution is -2.37. The first-order valence-corrected chi connectivity index (χ1v) is 8.09. The van der Waals surface area contributed by atoms with Crippen LogP contribution in [-0.4, -0.2) is 38.7 Å². The molecule has 24 heavy (non-hydrogen) atoms. The number of nitrogens with one attached hydrogen (secondary N) is 1. The Morgan fingerprint density at radius 2 is 1.83 bits per heavy atom. The molecular formula is C19H26F2N2O. The molecule has 0 heterocycles. The summed E-state index contributed by atoms with van der Waals surface area (Å²) in [5.41, 5.74) is 0.853. The first-order valence-electron chi connectivity index (χ1n) is 8.09. The summed E-state index contributed by atoms with van der Waals surface area (Å²) in [5.74, 6) is 0.238. The van der Waals surface area contributed by atoms with Gasteiger partial charge < -0.3 is 15.0 Å². The molecule has 0 saturated heterocycles. The Morgan fingerprint density at radius 1 is 1.12 bits per heavy atom. The number of rotatable bonds is 8. The Hall–Kier alpha value is -1.72. The standard InChI is InChI=1S/C19H26F2N2O/c1-19(2,13-23(3)4)12-22-11-16-15-8-6-5-7-14(15)9-10-17(16)24-18(20)21/h5-10,18,22H,11-13H2,1-4H3. The molecule has 2 rings (SSSR count). The van der Waals surface area contributed by atoms with E-state index < -0.39 is 6.61 Å². The molecule has 0 bridgehead atoms. The van der Waals surface area contributed by atoms with Gasteiger partial charge in [0.05, 0.1) is 0 Å². The van der Waals surface area contributed by atoms with Crippen LogP contribution < -0.4 is 10.1 Å². The van der Waals surface area contributed by atoms with Gasteiger partial charge >= 0.3 is 6.61 Å². The number of halogens is 2. The second-order valence-corrected chi connectivity index (χ2v) is 7.15. The topological polar surface area (TPSA) is 24.5 Å². The summed E-state index contributed by atoms with van der Waals surface area (Å²) in [6, 6.07) is 11.2. The number of nitrogens with zero attached hydrogens (tertiary/aromatic N) is 1. The van der Waals surface area contributed by atoms with Crippen molar-refractivity contribution in [3.8, 4) is 5.75 Å². The third kappa shape index (κ3) is 5.14. The van der Waals surface area contributed by atoms with E-state index in [1.54, 1.807) is 6.07 Å². The van der Waals surface area contributed by atoms with E-state index in [0.29, 0.717) is 6.54 Å². The summed E-state index contributed by atoms with van der Waals surface area (Å²) in [5, 5.41) is 5.36. The van der Waals surface area contributed by atoms with E-state index in [9.17, 15) is 8.78 Å². The number of hydrogen-bond acceptors (Lipinski definition) is 3. The van der Waals surface area contributed by atoms with Crippen molar-refractivity contribution in [1.29, 1.82) is 0 Å². The van der Waals surface area contributed by atoms with Crippen molar-refractivity contribution in [2.75, 3.05) is 27.2 Å². The van der Waals surface area contributed by atoms with Crippen LogP contribution in [0.15, 0.2) is 36.4 Å². The molecule has 0 saturated carbocycles. The van der Waals surface area contributed by atoms with Crippen LogP contribution in [0.2, 0.25) is 0 Å². The minimum atomic E-state index is -2.82. The molecule has 0 aliphatic heterocycles. The molecule has 0 atom stereocenters. The fourth-order valence-electron chi connectivity index (χ4n) is 3.14. The summed E-state index contributed by atoms with van der Waals surface area (Å²) in [4.78, 5) is 2.14. The monoisotopic (exact) mass is 336 g/mol. The summed E-state index contributed by atoms with van der Waals surface area (Å²) in [7, 11) is 4.09. The first-order chi connectivity index (χ1) is 11.3. The molecule has 2 aromatic rings. The zero-order chi connectivity index (χ0) is 17.7. The van der Waals surface area contributed by atoms with Gasteiger partial charge in [-0.2, -0.15) is 8.78 Å². The lowest BCUT2D eigenvalue weighted by molar-refractivity contribution is -0.0504. The van der Waals surface area contributed by atoms with Gasteiger partial charge in [-0.25, -0.2) is 0 Å². The number of benzene rings is 2. The Balaban J connectivity index is 2.19. The van der Waals surface area contributed by atoms with Crippen LogP contribution in [0.25, 0.3) is 10.8 Å². The van der Waals surface area contributed by atoms with Crippen molar-refractivity contribution in [3.63, 3.8) is 0 Å². The lowest BCUT2D eigenvalue weighted by atomic mass is 9.92. The van der Waals surface area contributed by atoms with E-state index in [-0.39, 0.29) is 11.2 Å². The zero-order valence-electron chi connectivity index (χ0n) is 14.8. The summed E-state index contributed by atoms with van der Waals surface area (Å²) < 4.78 is 30.1. The van der Waals surface area contributed by atoms with Crippen molar-refractivity contribution in [1.82, 2.24) is 10.2 Å². The minimum absolute atomic E-state index is 0.0812. The normalized spacial score (nSPS) is 12.3. The smallest absolute Gasteiger partial charge is 0.387 e. The van der Waals surface area contributed by atoms with Crippen molar-refractivity contribution in [3.05, 3.63) is 42.0 Å². The number of fused-ring (bicyclic) bond motifs is 1. The van der Waals surface area contributed by atoms with E-state index in [1.807, 2.05) is 44.4 Å². The molecule has 2 aromatic carbocycles. The summed E-state index contributed by atoms with van der Waals surface area (Å²) in [6.07, 6.45) is 0. The summed E-state index contributed by atoms with van der Waals surface area (Å²) >= 11 is 0. The highest BCUT2D eigenvalue weighted by Crippen LogP contribution is 2.29. The number of alkyl halides is 2. The quantitative estimate of drug-likeness (QED) is 0.785. The van der Waals surface area contributed by atoms with E-state index >= 15 is 0 Å². The van der Waals surface area contributed by atoms with Crippen LogP contribution in [0, 0.1) is 5.41 Å². The van der Waals surface area contributed by atoms with Gasteiger partial charge in [-0.15, -0.1) is 0 Å². The van der Waals surface area contributed by atoms with Crippen LogP contribution in [0.1, 0.15) is 19.4 Å². The maximum Gasteiger partial charge on any atom is 0.387 e. The highest BCUT2D eigenvalue weighted by Gasteiger charge is 2.19. The third-order valence-corrected chi connectivity index (χ3v) is 3.86. The Bertz CT molecular complexity index is 671. The van der Waals surface area contributed by atoms with Gasteiger partial charge in [0.25, 0.3) is 0 Å². The molecule has 0 aromatic heterocycles. The largest absolute Gasteiger partial charge is 0.434 e. The van der Waals surface area contributed by atoms with Crippen molar-refractivity contribution in [2.24, 2.45) is 5.41 Å². The second-order valence-electron chi connectivity index (χ2n) is 7.15. The maximum atomic E-state index is 12.7. The SMILES string of the molecule is CN(C)CC(C)(C)CNCc1c(OC(F)F)ccc2ccccc12. The Labute approximate surface area is 142 Å². The van der Waals surface area contributed by atoms with Crippen LogP contribution in [0.4, 0.5) is 8.78 Å². The molecule has 0 aliphatic carbocycles. The predicted molar refractivity (Wildman–Crippen MR) is 94.6 cm³/mol. The number of ether oxygens (including phenoxy) is 1. The van der Waals surface area contributed by atoms with Gasteiger partial charge in [0.1, 0.15) is 5.75 Å². The van der Waals surface area contributed by atoms with E-state index in [0.717, 1.165) is 29.4 Å². The molecule has 1 N–H and O–H groups in total. The molecule has 0 unspecified atom stereocenters.